The Kier molecular flexibility index (Phi) is 4.44. The van der Waals surface area contributed by atoms with Gasteiger partial charge in [-0.25, -0.2) is 4.98 Å². The predicted octanol–water partition coefficient (Wildman–Crippen LogP) is 3.17. The lowest BCUT2D eigenvalue weighted by Crippen LogP contribution is -2.40. The van der Waals surface area contributed by atoms with E-state index in [9.17, 15) is 0 Å². The van der Waals surface area contributed by atoms with Gasteiger partial charge in [-0.1, -0.05) is 23.7 Å². The zero-order chi connectivity index (χ0) is 18.4. The molecule has 5 rings (SSSR count). The van der Waals surface area contributed by atoms with Crippen LogP contribution in [0.1, 0.15) is 42.0 Å². The number of nitrogens with zero attached hydrogens (tertiary/aromatic N) is 3. The van der Waals surface area contributed by atoms with Gasteiger partial charge >= 0.3 is 0 Å². The van der Waals surface area contributed by atoms with E-state index in [0.29, 0.717) is 17.9 Å². The smallest absolute Gasteiger partial charge is 0.222 e. The van der Waals surface area contributed by atoms with Gasteiger partial charge in [-0.3, -0.25) is 0 Å². The summed E-state index contributed by atoms with van der Waals surface area (Å²) in [7, 11) is 0. The molecule has 1 unspecified atom stereocenters. The molecule has 0 radical (unpaired) electrons. The first-order valence-corrected chi connectivity index (χ1v) is 10.4. The van der Waals surface area contributed by atoms with Gasteiger partial charge in [0.15, 0.2) is 0 Å². The number of hydrogen-bond donors (Lipinski definition) is 2. The third-order valence-corrected chi connectivity index (χ3v) is 6.72. The number of hydrogen-bond acceptors (Lipinski definition) is 5. The molecule has 0 spiro atoms. The lowest BCUT2D eigenvalue weighted by Gasteiger charge is -2.29. The van der Waals surface area contributed by atoms with Crippen LogP contribution in [0, 0.1) is 5.92 Å². The second-order valence-corrected chi connectivity index (χ2v) is 8.63. The Bertz CT molecular complexity index is 840. The van der Waals surface area contributed by atoms with E-state index in [1.807, 2.05) is 12.1 Å². The fourth-order valence-corrected chi connectivity index (χ4v) is 5.34. The monoisotopic (exact) mass is 383 g/mol. The highest BCUT2D eigenvalue weighted by molar-refractivity contribution is 6.30. The normalized spacial score (nSPS) is 27.3. The third kappa shape index (κ3) is 3.27. The van der Waals surface area contributed by atoms with Crippen LogP contribution >= 0.6 is 11.6 Å². The second-order valence-electron chi connectivity index (χ2n) is 8.19. The predicted molar refractivity (Wildman–Crippen MR) is 109 cm³/mol. The van der Waals surface area contributed by atoms with Gasteiger partial charge in [-0.15, -0.1) is 0 Å². The Morgan fingerprint density at radius 1 is 1.19 bits per heavy atom. The number of nitrogens with one attached hydrogen (secondary N) is 1. The second kappa shape index (κ2) is 6.95. The van der Waals surface area contributed by atoms with E-state index in [4.69, 9.17) is 17.3 Å². The van der Waals surface area contributed by atoms with E-state index in [-0.39, 0.29) is 0 Å². The van der Waals surface area contributed by atoms with E-state index in [0.717, 1.165) is 61.3 Å². The van der Waals surface area contributed by atoms with E-state index in [1.54, 1.807) is 0 Å². The molecule has 0 bridgehead atoms. The molecule has 6 heteroatoms. The third-order valence-electron chi connectivity index (χ3n) is 6.49. The minimum absolute atomic E-state index is 0.401. The fourth-order valence-electron chi connectivity index (χ4n) is 5.14. The number of benzene rings is 1. The lowest BCUT2D eigenvalue weighted by atomic mass is 9.82. The highest BCUT2D eigenvalue weighted by Gasteiger charge is 2.37. The molecule has 3 heterocycles. The van der Waals surface area contributed by atoms with Gasteiger partial charge < -0.3 is 16.0 Å². The molecule has 1 aromatic heterocycles. The highest BCUT2D eigenvalue weighted by Crippen LogP contribution is 2.38. The largest absolute Gasteiger partial charge is 0.368 e. The maximum atomic E-state index is 6.20. The molecule has 1 aliphatic carbocycles. The van der Waals surface area contributed by atoms with Crippen LogP contribution < -0.4 is 16.0 Å². The molecule has 27 heavy (non-hydrogen) atoms. The molecule has 3 atom stereocenters. The number of fused-ring (bicyclic) bond motifs is 2. The quantitative estimate of drug-likeness (QED) is 0.833. The summed E-state index contributed by atoms with van der Waals surface area (Å²) in [5.74, 6) is 2.66. The van der Waals surface area contributed by atoms with Crippen molar-refractivity contribution in [2.24, 2.45) is 5.92 Å². The van der Waals surface area contributed by atoms with Crippen molar-refractivity contribution in [2.75, 3.05) is 30.3 Å². The van der Waals surface area contributed by atoms with Crippen molar-refractivity contribution in [3.05, 3.63) is 46.1 Å². The van der Waals surface area contributed by atoms with Crippen LogP contribution in [0.2, 0.25) is 5.02 Å². The molecule has 2 fully saturated rings. The Balaban J connectivity index is 1.43. The number of rotatable bonds is 2. The maximum Gasteiger partial charge on any atom is 0.222 e. The minimum Gasteiger partial charge on any atom is -0.368 e. The number of anilines is 2. The number of nitrogens with two attached hydrogens (primary N) is 1. The first-order chi connectivity index (χ1) is 13.2. The number of nitrogen functional groups attached to an aromatic ring is 1. The molecule has 3 N–H and O–H groups in total. The summed E-state index contributed by atoms with van der Waals surface area (Å²) >= 11 is 6.20. The highest BCUT2D eigenvalue weighted by atomic mass is 35.5. The van der Waals surface area contributed by atoms with Crippen LogP contribution in [0.3, 0.4) is 0 Å². The number of piperidine rings is 1. The Morgan fingerprint density at radius 2 is 2.11 bits per heavy atom. The molecule has 5 nitrogen and oxygen atoms in total. The summed E-state index contributed by atoms with van der Waals surface area (Å²) in [6, 6.07) is 8.81. The average molecular weight is 384 g/mol. The SMILES string of the molecule is Nc1nc2c(c(N3C[C@H]4CCCN[C@H]4C3)n1)CCC(c1cccc(Cl)c1)C2. The van der Waals surface area contributed by atoms with Crippen LogP contribution in [0.4, 0.5) is 11.8 Å². The first-order valence-electron chi connectivity index (χ1n) is 10.1. The Morgan fingerprint density at radius 3 is 2.96 bits per heavy atom. The minimum atomic E-state index is 0.401. The molecule has 142 valence electrons. The van der Waals surface area contributed by atoms with Gasteiger partial charge in [0.05, 0.1) is 5.69 Å². The van der Waals surface area contributed by atoms with E-state index in [1.165, 1.54) is 24.0 Å². The Labute approximate surface area is 165 Å². The van der Waals surface area contributed by atoms with Gasteiger partial charge in [-0.05, 0) is 68.2 Å². The van der Waals surface area contributed by atoms with Crippen molar-refractivity contribution in [1.29, 1.82) is 0 Å². The van der Waals surface area contributed by atoms with Crippen LogP contribution in [-0.4, -0.2) is 35.6 Å². The molecular weight excluding hydrogens is 358 g/mol. The Hall–Kier alpha value is -1.85. The van der Waals surface area contributed by atoms with Crippen molar-refractivity contribution in [1.82, 2.24) is 15.3 Å². The number of halogens is 1. The van der Waals surface area contributed by atoms with Gasteiger partial charge in [0.25, 0.3) is 0 Å². The summed E-state index contributed by atoms with van der Waals surface area (Å²) in [6.45, 7) is 3.25. The van der Waals surface area contributed by atoms with E-state index >= 15 is 0 Å². The van der Waals surface area contributed by atoms with E-state index in [2.05, 4.69) is 32.3 Å². The molecule has 2 aromatic rings. The maximum absolute atomic E-state index is 6.20. The zero-order valence-electron chi connectivity index (χ0n) is 15.5. The average Bonchev–Trinajstić information content (AvgIpc) is 3.11. The summed E-state index contributed by atoms with van der Waals surface area (Å²) in [6.07, 6.45) is 5.61. The van der Waals surface area contributed by atoms with Crippen molar-refractivity contribution < 1.29 is 0 Å². The number of aromatic nitrogens is 2. The van der Waals surface area contributed by atoms with Crippen LogP contribution in [0.25, 0.3) is 0 Å². The molecule has 2 aliphatic heterocycles. The summed E-state index contributed by atoms with van der Waals surface area (Å²) < 4.78 is 0. The molecule has 1 aromatic carbocycles. The molecule has 2 saturated heterocycles. The van der Waals surface area contributed by atoms with Gasteiger partial charge in [-0.2, -0.15) is 4.98 Å². The van der Waals surface area contributed by atoms with Crippen molar-refractivity contribution in [3.63, 3.8) is 0 Å². The standard InChI is InChI=1S/C21H26ClN5/c22-16-5-1-3-13(9-16)14-6-7-17-18(10-14)25-21(23)26-20(17)27-11-15-4-2-8-24-19(15)12-27/h1,3,5,9,14-15,19,24H,2,4,6-8,10-12H2,(H2,23,25,26)/t14?,15-,19+/m1/s1. The zero-order valence-corrected chi connectivity index (χ0v) is 16.3. The molecule has 0 amide bonds. The van der Waals surface area contributed by atoms with E-state index < -0.39 is 0 Å². The van der Waals surface area contributed by atoms with Gasteiger partial charge in [0, 0.05) is 29.7 Å². The molecular formula is C21H26ClN5. The topological polar surface area (TPSA) is 67.1 Å². The van der Waals surface area contributed by atoms with Crippen LogP contribution in [0.15, 0.2) is 24.3 Å². The van der Waals surface area contributed by atoms with Crippen LogP contribution in [-0.2, 0) is 12.8 Å². The van der Waals surface area contributed by atoms with Crippen LogP contribution in [0.5, 0.6) is 0 Å². The molecule has 0 saturated carbocycles. The molecule has 3 aliphatic rings. The summed E-state index contributed by atoms with van der Waals surface area (Å²) in [5.41, 5.74) is 9.84. The first kappa shape index (κ1) is 17.3. The van der Waals surface area contributed by atoms with Crippen molar-refractivity contribution >= 4 is 23.4 Å². The summed E-state index contributed by atoms with van der Waals surface area (Å²) in [5, 5.41) is 4.48. The fraction of sp³-hybridized carbons (Fsp3) is 0.524. The summed E-state index contributed by atoms with van der Waals surface area (Å²) in [4.78, 5) is 11.8. The van der Waals surface area contributed by atoms with Crippen molar-refractivity contribution in [3.8, 4) is 0 Å². The van der Waals surface area contributed by atoms with Gasteiger partial charge in [0.2, 0.25) is 5.95 Å². The van der Waals surface area contributed by atoms with Crippen molar-refractivity contribution in [2.45, 2.75) is 44.1 Å². The van der Waals surface area contributed by atoms with Gasteiger partial charge in [0.1, 0.15) is 5.82 Å². The lowest BCUT2D eigenvalue weighted by molar-refractivity contribution is 0.340.